The van der Waals surface area contributed by atoms with E-state index in [1.807, 2.05) is 36.9 Å². The first-order chi connectivity index (χ1) is 12.9. The molecule has 1 aliphatic rings. The number of carbonyl (C=O) groups is 2. The molecule has 1 aliphatic heterocycles. The van der Waals surface area contributed by atoms with Gasteiger partial charge < -0.3 is 10.2 Å². The highest BCUT2D eigenvalue weighted by molar-refractivity contribution is 5.88. The van der Waals surface area contributed by atoms with E-state index >= 15 is 0 Å². The van der Waals surface area contributed by atoms with Gasteiger partial charge in [-0.3, -0.25) is 9.59 Å². The van der Waals surface area contributed by atoms with E-state index in [2.05, 4.69) is 11.4 Å². The third-order valence-electron chi connectivity index (χ3n) is 4.97. The summed E-state index contributed by atoms with van der Waals surface area (Å²) in [4.78, 5) is 27.3. The predicted molar refractivity (Wildman–Crippen MR) is 102 cm³/mol. The number of amides is 2. The SMILES string of the molecule is CC(C)[C@H](NC(=O)Cc1ccc(F)cc1)C(=O)N1CCc2ccccc2C1. The quantitative estimate of drug-likeness (QED) is 0.882. The highest BCUT2D eigenvalue weighted by Crippen LogP contribution is 2.20. The van der Waals surface area contributed by atoms with Crippen molar-refractivity contribution in [3.63, 3.8) is 0 Å². The molecule has 0 fully saturated rings. The summed E-state index contributed by atoms with van der Waals surface area (Å²) in [6.07, 6.45) is 0.954. The van der Waals surface area contributed by atoms with Gasteiger partial charge >= 0.3 is 0 Å². The van der Waals surface area contributed by atoms with Gasteiger partial charge in [-0.1, -0.05) is 50.2 Å². The van der Waals surface area contributed by atoms with Crippen molar-refractivity contribution < 1.29 is 14.0 Å². The summed E-state index contributed by atoms with van der Waals surface area (Å²) < 4.78 is 13.0. The van der Waals surface area contributed by atoms with Gasteiger partial charge in [0.05, 0.1) is 6.42 Å². The molecule has 27 heavy (non-hydrogen) atoms. The molecule has 5 heteroatoms. The predicted octanol–water partition coefficient (Wildman–Crippen LogP) is 3.09. The smallest absolute Gasteiger partial charge is 0.245 e. The standard InChI is InChI=1S/C22H25FN2O2/c1-15(2)21(24-20(26)13-16-7-9-19(23)10-8-16)22(27)25-12-11-17-5-3-4-6-18(17)14-25/h3-10,15,21H,11-14H2,1-2H3,(H,24,26)/t21-/m0/s1. The molecule has 0 aromatic heterocycles. The molecule has 0 saturated carbocycles. The van der Waals surface area contributed by atoms with Gasteiger partial charge in [-0.15, -0.1) is 0 Å². The molecular formula is C22H25FN2O2. The molecule has 0 unspecified atom stereocenters. The number of hydrogen-bond acceptors (Lipinski definition) is 2. The fourth-order valence-electron chi connectivity index (χ4n) is 3.41. The van der Waals surface area contributed by atoms with Crippen LogP contribution in [0.3, 0.4) is 0 Å². The van der Waals surface area contributed by atoms with Crippen molar-refractivity contribution in [3.05, 3.63) is 71.0 Å². The number of nitrogens with one attached hydrogen (secondary N) is 1. The average molecular weight is 368 g/mol. The number of halogens is 1. The minimum atomic E-state index is -0.566. The van der Waals surface area contributed by atoms with E-state index in [4.69, 9.17) is 0 Å². The van der Waals surface area contributed by atoms with Crippen LogP contribution in [0, 0.1) is 11.7 Å². The number of nitrogens with zero attached hydrogens (tertiary/aromatic N) is 1. The molecule has 2 aromatic rings. The second kappa shape index (κ2) is 8.33. The summed E-state index contributed by atoms with van der Waals surface area (Å²) in [6.45, 7) is 5.09. The van der Waals surface area contributed by atoms with E-state index in [0.29, 0.717) is 13.1 Å². The summed E-state index contributed by atoms with van der Waals surface area (Å²) in [5.74, 6) is -0.635. The van der Waals surface area contributed by atoms with E-state index in [9.17, 15) is 14.0 Å². The lowest BCUT2D eigenvalue weighted by molar-refractivity contribution is -0.138. The Morgan fingerprint density at radius 3 is 2.41 bits per heavy atom. The van der Waals surface area contributed by atoms with Crippen molar-refractivity contribution >= 4 is 11.8 Å². The minimum Gasteiger partial charge on any atom is -0.344 e. The van der Waals surface area contributed by atoms with Crippen molar-refractivity contribution in [2.24, 2.45) is 5.92 Å². The summed E-state index contributed by atoms with van der Waals surface area (Å²) in [6, 6.07) is 13.4. The molecule has 142 valence electrons. The first-order valence-electron chi connectivity index (χ1n) is 9.33. The van der Waals surface area contributed by atoms with Crippen LogP contribution in [0.15, 0.2) is 48.5 Å². The largest absolute Gasteiger partial charge is 0.344 e. The maximum atomic E-state index is 13.0. The van der Waals surface area contributed by atoms with Crippen molar-refractivity contribution in [1.29, 1.82) is 0 Å². The van der Waals surface area contributed by atoms with Gasteiger partial charge in [-0.05, 0) is 41.2 Å². The minimum absolute atomic E-state index is 0.0214. The third-order valence-corrected chi connectivity index (χ3v) is 4.97. The topological polar surface area (TPSA) is 49.4 Å². The Bertz CT molecular complexity index is 817. The Hall–Kier alpha value is -2.69. The van der Waals surface area contributed by atoms with Crippen LogP contribution in [0.5, 0.6) is 0 Å². The third kappa shape index (κ3) is 4.73. The molecule has 1 atom stereocenters. The zero-order valence-corrected chi connectivity index (χ0v) is 15.7. The van der Waals surface area contributed by atoms with E-state index in [-0.39, 0.29) is 30.0 Å². The molecule has 0 bridgehead atoms. The maximum Gasteiger partial charge on any atom is 0.245 e. The van der Waals surface area contributed by atoms with Crippen LogP contribution in [0.25, 0.3) is 0 Å². The van der Waals surface area contributed by atoms with Crippen LogP contribution in [0.2, 0.25) is 0 Å². The van der Waals surface area contributed by atoms with E-state index in [1.165, 1.54) is 17.7 Å². The number of fused-ring (bicyclic) bond motifs is 1. The normalized spacial score (nSPS) is 14.6. The fraction of sp³-hybridized carbons (Fsp3) is 0.364. The van der Waals surface area contributed by atoms with Crippen LogP contribution in [0.1, 0.15) is 30.5 Å². The number of rotatable bonds is 5. The average Bonchev–Trinajstić information content (AvgIpc) is 2.67. The molecule has 0 radical (unpaired) electrons. The molecule has 0 saturated heterocycles. The monoisotopic (exact) mass is 368 g/mol. The summed E-state index contributed by atoms with van der Waals surface area (Å²) in [5, 5.41) is 2.88. The van der Waals surface area contributed by atoms with Crippen LogP contribution >= 0.6 is 0 Å². The van der Waals surface area contributed by atoms with E-state index in [0.717, 1.165) is 17.5 Å². The second-order valence-electron chi connectivity index (χ2n) is 7.37. The molecule has 3 rings (SSSR count). The van der Waals surface area contributed by atoms with Crippen molar-refractivity contribution in [2.45, 2.75) is 39.3 Å². The molecular weight excluding hydrogens is 343 g/mol. The summed E-state index contributed by atoms with van der Waals surface area (Å²) >= 11 is 0. The van der Waals surface area contributed by atoms with Gasteiger partial charge in [0.25, 0.3) is 0 Å². The van der Waals surface area contributed by atoms with Crippen molar-refractivity contribution in [1.82, 2.24) is 10.2 Å². The van der Waals surface area contributed by atoms with Gasteiger partial charge in [0, 0.05) is 13.1 Å². The summed E-state index contributed by atoms with van der Waals surface area (Å²) in [7, 11) is 0. The number of carbonyl (C=O) groups excluding carboxylic acids is 2. The van der Waals surface area contributed by atoms with Gasteiger partial charge in [0.15, 0.2) is 0 Å². The number of hydrogen-bond donors (Lipinski definition) is 1. The van der Waals surface area contributed by atoms with Gasteiger partial charge in [-0.2, -0.15) is 0 Å². The molecule has 4 nitrogen and oxygen atoms in total. The van der Waals surface area contributed by atoms with Gasteiger partial charge in [0.1, 0.15) is 11.9 Å². The Kier molecular flexibility index (Phi) is 5.89. The van der Waals surface area contributed by atoms with Crippen LogP contribution in [-0.4, -0.2) is 29.3 Å². The molecule has 1 heterocycles. The zero-order chi connectivity index (χ0) is 19.4. The van der Waals surface area contributed by atoms with E-state index in [1.54, 1.807) is 12.1 Å². The molecule has 1 N–H and O–H groups in total. The van der Waals surface area contributed by atoms with Gasteiger partial charge in [-0.25, -0.2) is 4.39 Å². The first-order valence-corrected chi connectivity index (χ1v) is 9.33. The lowest BCUT2D eigenvalue weighted by Gasteiger charge is -2.33. The van der Waals surface area contributed by atoms with Crippen molar-refractivity contribution in [3.8, 4) is 0 Å². The lowest BCUT2D eigenvalue weighted by Crippen LogP contribution is -2.52. The Balaban J connectivity index is 1.65. The van der Waals surface area contributed by atoms with Crippen molar-refractivity contribution in [2.75, 3.05) is 6.54 Å². The Labute approximate surface area is 159 Å². The Morgan fingerprint density at radius 1 is 1.07 bits per heavy atom. The van der Waals surface area contributed by atoms with Crippen LogP contribution in [-0.2, 0) is 29.0 Å². The highest BCUT2D eigenvalue weighted by atomic mass is 19.1. The summed E-state index contributed by atoms with van der Waals surface area (Å²) in [5.41, 5.74) is 3.16. The molecule has 0 spiro atoms. The first kappa shape index (κ1) is 19.1. The fourth-order valence-corrected chi connectivity index (χ4v) is 3.41. The Morgan fingerprint density at radius 2 is 1.74 bits per heavy atom. The second-order valence-corrected chi connectivity index (χ2v) is 7.37. The van der Waals surface area contributed by atoms with Crippen LogP contribution < -0.4 is 5.32 Å². The molecule has 2 aromatic carbocycles. The van der Waals surface area contributed by atoms with Gasteiger partial charge in [0.2, 0.25) is 11.8 Å². The van der Waals surface area contributed by atoms with E-state index < -0.39 is 6.04 Å². The molecule has 0 aliphatic carbocycles. The number of benzene rings is 2. The molecule has 2 amide bonds. The highest BCUT2D eigenvalue weighted by Gasteiger charge is 2.30. The maximum absolute atomic E-state index is 13.0. The zero-order valence-electron chi connectivity index (χ0n) is 15.7. The lowest BCUT2D eigenvalue weighted by atomic mass is 9.97. The van der Waals surface area contributed by atoms with Crippen LogP contribution in [0.4, 0.5) is 4.39 Å².